The summed E-state index contributed by atoms with van der Waals surface area (Å²) >= 11 is 0. The van der Waals surface area contributed by atoms with Crippen molar-refractivity contribution in [1.29, 1.82) is 0 Å². The quantitative estimate of drug-likeness (QED) is 0.595. The molecule has 2 aromatic carbocycles. The third-order valence-electron chi connectivity index (χ3n) is 4.57. The van der Waals surface area contributed by atoms with Crippen molar-refractivity contribution in [2.24, 2.45) is 10.8 Å². The SMILES string of the molecule is COC(CC(C)(C)CC(C)(C)C)(c1ccccc1)c1ccccc1. The first-order valence-corrected chi connectivity index (χ1v) is 8.85. The van der Waals surface area contributed by atoms with Crippen LogP contribution >= 0.6 is 0 Å². The Balaban J connectivity index is 2.51. The topological polar surface area (TPSA) is 9.23 Å². The average Bonchev–Trinajstić information content (AvgIpc) is 2.52. The van der Waals surface area contributed by atoms with Gasteiger partial charge in [0.1, 0.15) is 5.60 Å². The summed E-state index contributed by atoms with van der Waals surface area (Å²) < 4.78 is 6.26. The Morgan fingerprint density at radius 2 is 1.08 bits per heavy atom. The number of ether oxygens (including phenoxy) is 1. The molecular weight excluding hydrogens is 292 g/mol. The number of rotatable bonds is 6. The van der Waals surface area contributed by atoms with Crippen LogP contribution in [-0.4, -0.2) is 7.11 Å². The number of hydrogen-bond donors (Lipinski definition) is 0. The molecular formula is C23H32O. The molecule has 130 valence electrons. The van der Waals surface area contributed by atoms with E-state index in [0.717, 1.165) is 12.8 Å². The summed E-state index contributed by atoms with van der Waals surface area (Å²) in [7, 11) is 1.84. The van der Waals surface area contributed by atoms with E-state index in [4.69, 9.17) is 4.74 Å². The van der Waals surface area contributed by atoms with Crippen molar-refractivity contribution in [1.82, 2.24) is 0 Å². The molecule has 0 bridgehead atoms. The molecule has 0 fully saturated rings. The van der Waals surface area contributed by atoms with Gasteiger partial charge in [0.05, 0.1) is 0 Å². The monoisotopic (exact) mass is 324 g/mol. The summed E-state index contributed by atoms with van der Waals surface area (Å²) in [6.07, 6.45) is 2.09. The first-order valence-electron chi connectivity index (χ1n) is 8.85. The second-order valence-corrected chi connectivity index (χ2v) is 8.84. The summed E-state index contributed by atoms with van der Waals surface area (Å²) in [6.45, 7) is 11.7. The largest absolute Gasteiger partial charge is 0.369 e. The summed E-state index contributed by atoms with van der Waals surface area (Å²) in [6, 6.07) is 21.3. The molecule has 0 unspecified atom stereocenters. The van der Waals surface area contributed by atoms with Gasteiger partial charge in [-0.1, -0.05) is 95.3 Å². The fourth-order valence-corrected chi connectivity index (χ4v) is 4.27. The molecule has 0 saturated carbocycles. The zero-order chi connectivity index (χ0) is 17.8. The van der Waals surface area contributed by atoms with Crippen LogP contribution in [0.1, 0.15) is 58.6 Å². The lowest BCUT2D eigenvalue weighted by Crippen LogP contribution is -2.37. The molecule has 1 nitrogen and oxygen atoms in total. The van der Waals surface area contributed by atoms with E-state index in [0.29, 0.717) is 0 Å². The third-order valence-corrected chi connectivity index (χ3v) is 4.57. The Labute approximate surface area is 148 Å². The van der Waals surface area contributed by atoms with Gasteiger partial charge in [-0.15, -0.1) is 0 Å². The van der Waals surface area contributed by atoms with E-state index in [1.54, 1.807) is 0 Å². The van der Waals surface area contributed by atoms with E-state index in [9.17, 15) is 0 Å². The van der Waals surface area contributed by atoms with Crippen molar-refractivity contribution in [3.05, 3.63) is 71.8 Å². The maximum Gasteiger partial charge on any atom is 0.118 e. The molecule has 0 heterocycles. The average molecular weight is 325 g/mol. The molecule has 2 rings (SSSR count). The number of methoxy groups -OCH3 is 1. The third kappa shape index (κ3) is 4.48. The van der Waals surface area contributed by atoms with E-state index in [2.05, 4.69) is 95.3 Å². The minimum Gasteiger partial charge on any atom is -0.369 e. The predicted octanol–water partition coefficient (Wildman–Crippen LogP) is 6.43. The van der Waals surface area contributed by atoms with Crippen molar-refractivity contribution in [2.75, 3.05) is 7.11 Å². The van der Waals surface area contributed by atoms with Crippen LogP contribution in [0.25, 0.3) is 0 Å². The predicted molar refractivity (Wildman–Crippen MR) is 103 cm³/mol. The smallest absolute Gasteiger partial charge is 0.118 e. The molecule has 1 heteroatoms. The lowest BCUT2D eigenvalue weighted by Gasteiger charge is -2.42. The normalized spacial score (nSPS) is 13.1. The van der Waals surface area contributed by atoms with Crippen molar-refractivity contribution < 1.29 is 4.74 Å². The van der Waals surface area contributed by atoms with E-state index >= 15 is 0 Å². The van der Waals surface area contributed by atoms with Gasteiger partial charge in [-0.05, 0) is 34.8 Å². The van der Waals surface area contributed by atoms with Crippen LogP contribution < -0.4 is 0 Å². The van der Waals surface area contributed by atoms with Gasteiger partial charge in [-0.2, -0.15) is 0 Å². The highest BCUT2D eigenvalue weighted by molar-refractivity contribution is 5.36. The first-order chi connectivity index (χ1) is 11.2. The first kappa shape index (κ1) is 18.7. The Hall–Kier alpha value is -1.60. The fraction of sp³-hybridized carbons (Fsp3) is 0.478. The molecule has 0 N–H and O–H groups in total. The molecule has 0 amide bonds. The van der Waals surface area contributed by atoms with Gasteiger partial charge in [0, 0.05) is 7.11 Å². The summed E-state index contributed by atoms with van der Waals surface area (Å²) in [5.74, 6) is 0. The Morgan fingerprint density at radius 3 is 1.42 bits per heavy atom. The molecule has 0 saturated heterocycles. The lowest BCUT2D eigenvalue weighted by molar-refractivity contribution is -0.0226. The van der Waals surface area contributed by atoms with Crippen LogP contribution in [0.3, 0.4) is 0 Å². The summed E-state index contributed by atoms with van der Waals surface area (Å²) in [4.78, 5) is 0. The molecule has 0 aliphatic carbocycles. The highest BCUT2D eigenvalue weighted by Crippen LogP contribution is 2.46. The molecule has 0 atom stereocenters. The molecule has 0 aromatic heterocycles. The van der Waals surface area contributed by atoms with Crippen LogP contribution in [-0.2, 0) is 10.3 Å². The van der Waals surface area contributed by atoms with Gasteiger partial charge >= 0.3 is 0 Å². The van der Waals surface area contributed by atoms with Gasteiger partial charge in [-0.3, -0.25) is 0 Å². The van der Waals surface area contributed by atoms with Crippen LogP contribution in [0.2, 0.25) is 0 Å². The van der Waals surface area contributed by atoms with Crippen LogP contribution in [0.15, 0.2) is 60.7 Å². The highest BCUT2D eigenvalue weighted by atomic mass is 16.5. The molecule has 24 heavy (non-hydrogen) atoms. The van der Waals surface area contributed by atoms with E-state index in [1.165, 1.54) is 11.1 Å². The second kappa shape index (κ2) is 7.11. The minimum absolute atomic E-state index is 0.153. The molecule has 0 radical (unpaired) electrons. The standard InChI is InChI=1S/C23H32O/c1-21(2,3)17-22(4,5)18-23(24-6,19-13-9-7-10-14-19)20-15-11-8-12-16-20/h7-16H,17-18H2,1-6H3. The summed E-state index contributed by atoms with van der Waals surface area (Å²) in [5.41, 5.74) is 2.47. The maximum atomic E-state index is 6.26. The van der Waals surface area contributed by atoms with Crippen LogP contribution in [0.4, 0.5) is 0 Å². The van der Waals surface area contributed by atoms with E-state index < -0.39 is 5.60 Å². The van der Waals surface area contributed by atoms with Crippen LogP contribution in [0, 0.1) is 10.8 Å². The Kier molecular flexibility index (Phi) is 5.55. The van der Waals surface area contributed by atoms with Gasteiger partial charge in [-0.25, -0.2) is 0 Å². The van der Waals surface area contributed by atoms with Gasteiger partial charge < -0.3 is 4.74 Å². The van der Waals surface area contributed by atoms with Gasteiger partial charge in [0.15, 0.2) is 0 Å². The zero-order valence-corrected chi connectivity index (χ0v) is 16.1. The van der Waals surface area contributed by atoms with Crippen molar-refractivity contribution in [2.45, 2.75) is 53.1 Å². The molecule has 0 spiro atoms. The van der Waals surface area contributed by atoms with Crippen molar-refractivity contribution in [3.63, 3.8) is 0 Å². The summed E-state index contributed by atoms with van der Waals surface area (Å²) in [5, 5.41) is 0. The molecule has 0 aliphatic heterocycles. The van der Waals surface area contributed by atoms with E-state index in [-0.39, 0.29) is 10.8 Å². The lowest BCUT2D eigenvalue weighted by atomic mass is 9.67. The zero-order valence-electron chi connectivity index (χ0n) is 16.1. The van der Waals surface area contributed by atoms with E-state index in [1.807, 2.05) is 7.11 Å². The number of benzene rings is 2. The Morgan fingerprint density at radius 1 is 0.667 bits per heavy atom. The van der Waals surface area contributed by atoms with Crippen LogP contribution in [0.5, 0.6) is 0 Å². The van der Waals surface area contributed by atoms with Crippen molar-refractivity contribution >= 4 is 0 Å². The number of hydrogen-bond acceptors (Lipinski definition) is 1. The molecule has 2 aromatic rings. The van der Waals surface area contributed by atoms with Crippen molar-refractivity contribution in [3.8, 4) is 0 Å². The molecule has 0 aliphatic rings. The minimum atomic E-state index is -0.419. The second-order valence-electron chi connectivity index (χ2n) is 8.84. The highest BCUT2D eigenvalue weighted by Gasteiger charge is 2.41. The Bertz CT molecular complexity index is 581. The van der Waals surface area contributed by atoms with Gasteiger partial charge in [0.2, 0.25) is 0 Å². The maximum absolute atomic E-state index is 6.26. The van der Waals surface area contributed by atoms with Gasteiger partial charge in [0.25, 0.3) is 0 Å². The fourth-order valence-electron chi connectivity index (χ4n) is 4.27.